The Morgan fingerprint density at radius 1 is 1.12 bits per heavy atom. The first-order chi connectivity index (χ1) is 7.43. The summed E-state index contributed by atoms with van der Waals surface area (Å²) in [6.07, 6.45) is 0. The molecule has 1 fully saturated rings. The zero-order valence-corrected chi connectivity index (χ0v) is 7.85. The monoisotopic (exact) mass is 236 g/mol. The molecule has 1 N–H and O–H groups in total. The molecule has 1 rings (SSSR count). The molecule has 0 aromatic rings. The average Bonchev–Trinajstić information content (AvgIpc) is 2.84. The Morgan fingerprint density at radius 3 is 1.75 bits per heavy atom. The van der Waals surface area contributed by atoms with Crippen LogP contribution in [0.1, 0.15) is 0 Å². The summed E-state index contributed by atoms with van der Waals surface area (Å²) in [7, 11) is 0. The van der Waals surface area contributed by atoms with Crippen LogP contribution in [-0.2, 0) is 14.5 Å². The van der Waals surface area contributed by atoms with Gasteiger partial charge in [0.05, 0.1) is 5.92 Å². The van der Waals surface area contributed by atoms with E-state index in [0.29, 0.717) is 0 Å². The van der Waals surface area contributed by atoms with Gasteiger partial charge in [-0.3, -0.25) is 4.79 Å². The molecule has 3 atom stereocenters. The number of carbonyl (C=O) groups is 1. The van der Waals surface area contributed by atoms with Crippen LogP contribution in [0.5, 0.6) is 0 Å². The third kappa shape index (κ3) is 2.93. The van der Waals surface area contributed by atoms with Crippen molar-refractivity contribution in [3.05, 3.63) is 20.2 Å². The Balaban J connectivity index is 2.40. The molecule has 1 aliphatic carbocycles. The standard InChI is InChI=1S/C6H8N2O8/c9-6(10)5-3(1-15-7(11)12)4(5)2-16-8(13)14/h3-5H,1-2H2,(H,9,10)/t3-,4+,5?. The molecule has 10 nitrogen and oxygen atoms in total. The van der Waals surface area contributed by atoms with Gasteiger partial charge in [0.25, 0.3) is 10.2 Å². The zero-order chi connectivity index (χ0) is 12.3. The summed E-state index contributed by atoms with van der Waals surface area (Å²) in [5.41, 5.74) is 0. The number of hydrogen-bond donors (Lipinski definition) is 1. The number of hydrogen-bond acceptors (Lipinski definition) is 7. The number of carboxylic acids is 1. The lowest BCUT2D eigenvalue weighted by Crippen LogP contribution is -2.08. The first-order valence-electron chi connectivity index (χ1n) is 4.21. The second-order valence-electron chi connectivity index (χ2n) is 3.23. The van der Waals surface area contributed by atoms with Crippen LogP contribution in [0.3, 0.4) is 0 Å². The summed E-state index contributed by atoms with van der Waals surface area (Å²) < 4.78 is 0. The zero-order valence-electron chi connectivity index (χ0n) is 7.85. The van der Waals surface area contributed by atoms with Gasteiger partial charge in [-0.2, -0.15) is 0 Å². The van der Waals surface area contributed by atoms with Gasteiger partial charge in [-0.25, -0.2) is 0 Å². The van der Waals surface area contributed by atoms with Gasteiger partial charge in [-0.15, -0.1) is 20.2 Å². The maximum absolute atomic E-state index is 10.6. The highest BCUT2D eigenvalue weighted by atomic mass is 17.0. The fourth-order valence-corrected chi connectivity index (χ4v) is 1.56. The number of rotatable bonds is 7. The third-order valence-electron chi connectivity index (χ3n) is 2.36. The number of carboxylic acid groups (broad SMARTS) is 1. The van der Waals surface area contributed by atoms with Crippen LogP contribution in [0.2, 0.25) is 0 Å². The second kappa shape index (κ2) is 4.59. The van der Waals surface area contributed by atoms with Gasteiger partial charge in [-0.1, -0.05) is 0 Å². The van der Waals surface area contributed by atoms with Crippen molar-refractivity contribution in [1.82, 2.24) is 0 Å². The predicted molar refractivity (Wildman–Crippen MR) is 44.0 cm³/mol. The normalized spacial score (nSPS) is 26.9. The number of nitrogens with zero attached hydrogens (tertiary/aromatic N) is 2. The largest absolute Gasteiger partial charge is 0.481 e. The fourth-order valence-electron chi connectivity index (χ4n) is 1.56. The predicted octanol–water partition coefficient (Wildman–Crippen LogP) is -0.650. The Bertz CT molecular complexity index is 294. The summed E-state index contributed by atoms with van der Waals surface area (Å²) in [5.74, 6) is -3.31. The van der Waals surface area contributed by atoms with E-state index >= 15 is 0 Å². The topological polar surface area (TPSA) is 142 Å². The molecule has 0 saturated heterocycles. The van der Waals surface area contributed by atoms with Crippen molar-refractivity contribution in [3.8, 4) is 0 Å². The van der Waals surface area contributed by atoms with Crippen molar-refractivity contribution in [2.75, 3.05) is 13.2 Å². The van der Waals surface area contributed by atoms with Gasteiger partial charge in [0.15, 0.2) is 0 Å². The molecule has 90 valence electrons. The van der Waals surface area contributed by atoms with Crippen molar-refractivity contribution < 1.29 is 29.7 Å². The van der Waals surface area contributed by atoms with Gasteiger partial charge in [0.1, 0.15) is 13.2 Å². The molecular weight excluding hydrogens is 228 g/mol. The molecular formula is C6H8N2O8. The maximum atomic E-state index is 10.6. The van der Waals surface area contributed by atoms with E-state index in [0.717, 1.165) is 0 Å². The van der Waals surface area contributed by atoms with Crippen LogP contribution in [0, 0.1) is 38.0 Å². The van der Waals surface area contributed by atoms with Crippen LogP contribution in [0.4, 0.5) is 0 Å². The Hall–Kier alpha value is -2.13. The van der Waals surface area contributed by atoms with Crippen molar-refractivity contribution in [2.45, 2.75) is 0 Å². The summed E-state index contributed by atoms with van der Waals surface area (Å²) in [4.78, 5) is 38.4. The third-order valence-corrected chi connectivity index (χ3v) is 2.36. The molecule has 0 spiro atoms. The van der Waals surface area contributed by atoms with Gasteiger partial charge in [0, 0.05) is 11.8 Å². The lowest BCUT2D eigenvalue weighted by Gasteiger charge is -1.97. The highest BCUT2D eigenvalue weighted by molar-refractivity contribution is 5.74. The summed E-state index contributed by atoms with van der Waals surface area (Å²) >= 11 is 0. The van der Waals surface area contributed by atoms with Crippen molar-refractivity contribution in [1.29, 1.82) is 0 Å². The SMILES string of the molecule is O=C(O)C1[C@@H](CO[N+](=O)[O-])[C@H]1CO[N+](=O)[O-]. The van der Waals surface area contributed by atoms with Gasteiger partial charge in [-0.05, 0) is 0 Å². The Morgan fingerprint density at radius 2 is 1.50 bits per heavy atom. The Kier molecular flexibility index (Phi) is 3.43. The molecule has 0 radical (unpaired) electrons. The van der Waals surface area contributed by atoms with E-state index in [1.54, 1.807) is 0 Å². The van der Waals surface area contributed by atoms with Crippen LogP contribution >= 0.6 is 0 Å². The van der Waals surface area contributed by atoms with Gasteiger partial charge in [0.2, 0.25) is 0 Å². The number of aliphatic carboxylic acids is 1. The van der Waals surface area contributed by atoms with Gasteiger partial charge < -0.3 is 14.8 Å². The minimum absolute atomic E-state index is 0.393. The molecule has 0 aromatic heterocycles. The molecule has 0 aliphatic heterocycles. The lowest BCUT2D eigenvalue weighted by molar-refractivity contribution is -0.761. The molecule has 0 bridgehead atoms. The van der Waals surface area contributed by atoms with E-state index < -0.39 is 47.1 Å². The van der Waals surface area contributed by atoms with Crippen LogP contribution in [0.25, 0.3) is 0 Å². The molecule has 10 heteroatoms. The van der Waals surface area contributed by atoms with Crippen molar-refractivity contribution in [2.24, 2.45) is 17.8 Å². The van der Waals surface area contributed by atoms with E-state index in [2.05, 4.69) is 9.68 Å². The highest BCUT2D eigenvalue weighted by Gasteiger charge is 2.55. The summed E-state index contributed by atoms with van der Waals surface area (Å²) in [5, 5.41) is 26.4. The van der Waals surface area contributed by atoms with Crippen molar-refractivity contribution in [3.63, 3.8) is 0 Å². The maximum Gasteiger partial charge on any atom is 0.307 e. The minimum atomic E-state index is -1.17. The van der Waals surface area contributed by atoms with Gasteiger partial charge >= 0.3 is 5.97 Å². The first-order valence-corrected chi connectivity index (χ1v) is 4.21. The molecule has 1 saturated carbocycles. The molecule has 0 heterocycles. The van der Waals surface area contributed by atoms with E-state index in [1.165, 1.54) is 0 Å². The van der Waals surface area contributed by atoms with E-state index in [9.17, 15) is 25.0 Å². The van der Waals surface area contributed by atoms with E-state index in [1.807, 2.05) is 0 Å². The molecule has 0 aromatic carbocycles. The summed E-state index contributed by atoms with van der Waals surface area (Å²) in [6, 6.07) is 0. The summed E-state index contributed by atoms with van der Waals surface area (Å²) in [6.45, 7) is -0.786. The second-order valence-corrected chi connectivity index (χ2v) is 3.23. The van der Waals surface area contributed by atoms with E-state index in [4.69, 9.17) is 5.11 Å². The van der Waals surface area contributed by atoms with E-state index in [-0.39, 0.29) is 0 Å². The lowest BCUT2D eigenvalue weighted by atomic mass is 10.3. The van der Waals surface area contributed by atoms with Crippen LogP contribution in [0.15, 0.2) is 0 Å². The fraction of sp³-hybridized carbons (Fsp3) is 0.833. The van der Waals surface area contributed by atoms with Crippen LogP contribution < -0.4 is 0 Å². The van der Waals surface area contributed by atoms with Crippen LogP contribution in [-0.4, -0.2) is 34.5 Å². The smallest absolute Gasteiger partial charge is 0.307 e. The quantitative estimate of drug-likeness (QED) is 0.453. The molecule has 0 amide bonds. The molecule has 1 aliphatic rings. The van der Waals surface area contributed by atoms with Crippen molar-refractivity contribution >= 4 is 5.97 Å². The molecule has 16 heavy (non-hydrogen) atoms. The minimum Gasteiger partial charge on any atom is -0.481 e. The highest BCUT2D eigenvalue weighted by Crippen LogP contribution is 2.46. The average molecular weight is 236 g/mol. The molecule has 1 unspecified atom stereocenters. The first kappa shape index (κ1) is 11.9. The Labute approximate surface area is 88.0 Å².